The number of carbonyl (C=O) groups is 2. The summed E-state index contributed by atoms with van der Waals surface area (Å²) in [7, 11) is 1.53. The van der Waals surface area contributed by atoms with Crippen molar-refractivity contribution in [3.05, 3.63) is 48.0 Å². The van der Waals surface area contributed by atoms with E-state index in [0.717, 1.165) is 6.29 Å². The van der Waals surface area contributed by atoms with Crippen LogP contribution < -0.4 is 19.5 Å². The normalized spacial score (nSPS) is 9.92. The number of hydrogen-bond acceptors (Lipinski definition) is 5. The minimum Gasteiger partial charge on any atom is -0.495 e. The molecule has 0 saturated heterocycles. The van der Waals surface area contributed by atoms with Crippen molar-refractivity contribution >= 4 is 17.9 Å². The van der Waals surface area contributed by atoms with Gasteiger partial charge in [-0.05, 0) is 37.3 Å². The van der Waals surface area contributed by atoms with Crippen LogP contribution in [0.5, 0.6) is 17.2 Å². The van der Waals surface area contributed by atoms with Gasteiger partial charge in [0.25, 0.3) is 5.91 Å². The van der Waals surface area contributed by atoms with Gasteiger partial charge in [-0.15, -0.1) is 0 Å². The Labute approximate surface area is 140 Å². The Morgan fingerprint density at radius 3 is 2.58 bits per heavy atom. The summed E-state index contributed by atoms with van der Waals surface area (Å²) in [5, 5.41) is 2.72. The number of ether oxygens (including phenoxy) is 3. The number of hydrogen-bond donors (Lipinski definition) is 1. The van der Waals surface area contributed by atoms with Crippen LogP contribution in [0.1, 0.15) is 17.3 Å². The second-order valence-corrected chi connectivity index (χ2v) is 4.79. The van der Waals surface area contributed by atoms with Gasteiger partial charge in [-0.3, -0.25) is 9.59 Å². The van der Waals surface area contributed by atoms with Crippen LogP contribution in [0.4, 0.5) is 5.69 Å². The Morgan fingerprint density at radius 1 is 1.08 bits per heavy atom. The Morgan fingerprint density at radius 2 is 1.88 bits per heavy atom. The van der Waals surface area contributed by atoms with E-state index in [2.05, 4.69) is 5.32 Å². The summed E-state index contributed by atoms with van der Waals surface area (Å²) in [5.74, 6) is 1.06. The predicted octanol–water partition coefficient (Wildman–Crippen LogP) is 2.92. The SMILES string of the molecule is CCOc1cc(C=O)ccc1OCC(=O)Nc1ccccc1OC. The summed E-state index contributed by atoms with van der Waals surface area (Å²) < 4.78 is 16.1. The number of aldehydes is 1. The van der Waals surface area contributed by atoms with E-state index in [1.807, 2.05) is 13.0 Å². The summed E-state index contributed by atoms with van der Waals surface area (Å²) in [5.41, 5.74) is 1.04. The zero-order chi connectivity index (χ0) is 17.4. The molecule has 6 nitrogen and oxygen atoms in total. The van der Waals surface area contributed by atoms with Crippen LogP contribution in [-0.4, -0.2) is 32.5 Å². The molecular weight excluding hydrogens is 310 g/mol. The number of benzene rings is 2. The van der Waals surface area contributed by atoms with Crippen molar-refractivity contribution in [1.29, 1.82) is 0 Å². The van der Waals surface area contributed by atoms with Crippen LogP contribution >= 0.6 is 0 Å². The lowest BCUT2D eigenvalue weighted by Gasteiger charge is -2.13. The quantitative estimate of drug-likeness (QED) is 0.754. The van der Waals surface area contributed by atoms with Crippen molar-refractivity contribution in [2.45, 2.75) is 6.92 Å². The molecule has 2 rings (SSSR count). The molecule has 0 bridgehead atoms. The molecule has 24 heavy (non-hydrogen) atoms. The van der Waals surface area contributed by atoms with E-state index in [1.165, 1.54) is 7.11 Å². The molecule has 0 aliphatic rings. The first kappa shape index (κ1) is 17.3. The van der Waals surface area contributed by atoms with Gasteiger partial charge in [-0.2, -0.15) is 0 Å². The van der Waals surface area contributed by atoms with Crippen molar-refractivity contribution < 1.29 is 23.8 Å². The van der Waals surface area contributed by atoms with Gasteiger partial charge in [0.1, 0.15) is 12.0 Å². The number of carbonyl (C=O) groups excluding carboxylic acids is 2. The topological polar surface area (TPSA) is 73.9 Å². The standard InChI is InChI=1S/C18H19NO5/c1-3-23-17-10-13(11-20)8-9-16(17)24-12-18(21)19-14-6-4-5-7-15(14)22-2/h4-11H,3,12H2,1-2H3,(H,19,21). The Kier molecular flexibility index (Phi) is 6.19. The van der Waals surface area contributed by atoms with E-state index in [1.54, 1.807) is 36.4 Å². The third-order valence-electron chi connectivity index (χ3n) is 3.14. The maximum Gasteiger partial charge on any atom is 0.262 e. The lowest BCUT2D eigenvalue weighted by Crippen LogP contribution is -2.20. The molecule has 2 aromatic carbocycles. The first-order valence-electron chi connectivity index (χ1n) is 7.45. The van der Waals surface area contributed by atoms with Crippen LogP contribution in [0.25, 0.3) is 0 Å². The van der Waals surface area contributed by atoms with E-state index >= 15 is 0 Å². The summed E-state index contributed by atoms with van der Waals surface area (Å²) in [6.07, 6.45) is 0.723. The number of para-hydroxylation sites is 2. The zero-order valence-corrected chi connectivity index (χ0v) is 13.6. The number of amides is 1. The van der Waals surface area contributed by atoms with Gasteiger partial charge < -0.3 is 19.5 Å². The maximum absolute atomic E-state index is 12.1. The number of rotatable bonds is 8. The second-order valence-electron chi connectivity index (χ2n) is 4.79. The van der Waals surface area contributed by atoms with E-state index in [0.29, 0.717) is 35.1 Å². The number of anilines is 1. The molecular formula is C18H19NO5. The molecule has 0 aromatic heterocycles. The van der Waals surface area contributed by atoms with Crippen LogP contribution in [0.3, 0.4) is 0 Å². The van der Waals surface area contributed by atoms with Gasteiger partial charge in [0.05, 0.1) is 19.4 Å². The van der Waals surface area contributed by atoms with Crippen molar-refractivity contribution in [1.82, 2.24) is 0 Å². The number of nitrogens with one attached hydrogen (secondary N) is 1. The monoisotopic (exact) mass is 329 g/mol. The van der Waals surface area contributed by atoms with Gasteiger partial charge >= 0.3 is 0 Å². The fraction of sp³-hybridized carbons (Fsp3) is 0.222. The van der Waals surface area contributed by atoms with Crippen LogP contribution in [-0.2, 0) is 4.79 Å². The third kappa shape index (κ3) is 4.49. The highest BCUT2D eigenvalue weighted by molar-refractivity contribution is 5.93. The van der Waals surface area contributed by atoms with Crippen molar-refractivity contribution in [3.63, 3.8) is 0 Å². The maximum atomic E-state index is 12.1. The Balaban J connectivity index is 2.02. The van der Waals surface area contributed by atoms with E-state index in [-0.39, 0.29) is 12.5 Å². The molecule has 1 N–H and O–H groups in total. The molecule has 1 amide bonds. The molecule has 0 radical (unpaired) electrons. The van der Waals surface area contributed by atoms with Crippen LogP contribution in [0.2, 0.25) is 0 Å². The third-order valence-corrected chi connectivity index (χ3v) is 3.14. The first-order valence-corrected chi connectivity index (χ1v) is 7.45. The van der Waals surface area contributed by atoms with Crippen LogP contribution in [0, 0.1) is 0 Å². The molecule has 0 saturated carbocycles. The lowest BCUT2D eigenvalue weighted by molar-refractivity contribution is -0.118. The van der Waals surface area contributed by atoms with E-state index in [4.69, 9.17) is 14.2 Å². The zero-order valence-electron chi connectivity index (χ0n) is 13.6. The van der Waals surface area contributed by atoms with Crippen molar-refractivity contribution in [2.75, 3.05) is 25.6 Å². The lowest BCUT2D eigenvalue weighted by atomic mass is 10.2. The van der Waals surface area contributed by atoms with Crippen molar-refractivity contribution in [3.8, 4) is 17.2 Å². The van der Waals surface area contributed by atoms with Gasteiger partial charge in [-0.1, -0.05) is 12.1 Å². The molecule has 0 heterocycles. The molecule has 126 valence electrons. The summed E-state index contributed by atoms with van der Waals surface area (Å²) in [4.78, 5) is 22.9. The highest BCUT2D eigenvalue weighted by atomic mass is 16.5. The predicted molar refractivity (Wildman–Crippen MR) is 90.1 cm³/mol. The Hall–Kier alpha value is -3.02. The molecule has 2 aromatic rings. The van der Waals surface area contributed by atoms with Gasteiger partial charge in [0.2, 0.25) is 0 Å². The average Bonchev–Trinajstić information content (AvgIpc) is 2.61. The molecule has 0 fully saturated rings. The van der Waals surface area contributed by atoms with E-state index < -0.39 is 0 Å². The fourth-order valence-corrected chi connectivity index (χ4v) is 2.06. The highest BCUT2D eigenvalue weighted by Crippen LogP contribution is 2.28. The van der Waals surface area contributed by atoms with Gasteiger partial charge in [0.15, 0.2) is 18.1 Å². The minimum atomic E-state index is -0.332. The fourth-order valence-electron chi connectivity index (χ4n) is 2.06. The van der Waals surface area contributed by atoms with Crippen molar-refractivity contribution in [2.24, 2.45) is 0 Å². The van der Waals surface area contributed by atoms with Crippen LogP contribution in [0.15, 0.2) is 42.5 Å². The van der Waals surface area contributed by atoms with Gasteiger partial charge in [-0.25, -0.2) is 0 Å². The molecule has 0 aliphatic carbocycles. The molecule has 0 spiro atoms. The smallest absolute Gasteiger partial charge is 0.262 e. The molecule has 0 unspecified atom stereocenters. The summed E-state index contributed by atoms with van der Waals surface area (Å²) >= 11 is 0. The molecule has 0 aliphatic heterocycles. The average molecular weight is 329 g/mol. The van der Waals surface area contributed by atoms with E-state index in [9.17, 15) is 9.59 Å². The highest BCUT2D eigenvalue weighted by Gasteiger charge is 2.11. The number of methoxy groups -OCH3 is 1. The Bertz CT molecular complexity index is 714. The first-order chi connectivity index (χ1) is 11.7. The summed E-state index contributed by atoms with van der Waals surface area (Å²) in [6.45, 7) is 2.05. The molecule has 6 heteroatoms. The minimum absolute atomic E-state index is 0.196. The van der Waals surface area contributed by atoms with Gasteiger partial charge in [0, 0.05) is 5.56 Å². The largest absolute Gasteiger partial charge is 0.495 e. The molecule has 0 atom stereocenters. The second kappa shape index (κ2) is 8.57. The summed E-state index contributed by atoms with van der Waals surface area (Å²) in [6, 6.07) is 11.9.